The fourth-order valence-electron chi connectivity index (χ4n) is 2.24. The van der Waals surface area contributed by atoms with E-state index < -0.39 is 5.78 Å². The lowest BCUT2D eigenvalue weighted by Gasteiger charge is -2.10. The summed E-state index contributed by atoms with van der Waals surface area (Å²) in [6, 6.07) is 11.7. The zero-order chi connectivity index (χ0) is 16.8. The molecule has 0 fully saturated rings. The van der Waals surface area contributed by atoms with Crippen molar-refractivity contribution in [3.8, 4) is 11.5 Å². The van der Waals surface area contributed by atoms with Crippen LogP contribution in [0.5, 0.6) is 11.5 Å². The van der Waals surface area contributed by atoms with Crippen LogP contribution in [-0.4, -0.2) is 23.3 Å². The van der Waals surface area contributed by atoms with Crippen LogP contribution in [0.1, 0.15) is 46.0 Å². The molecule has 0 radical (unpaired) electrons. The van der Waals surface area contributed by atoms with Crippen molar-refractivity contribution < 1.29 is 19.4 Å². The lowest BCUT2D eigenvalue weighted by Crippen LogP contribution is -2.11. The fraction of sp³-hybridized carbons (Fsp3) is 0.263. The third-order valence-corrected chi connectivity index (χ3v) is 3.42. The van der Waals surface area contributed by atoms with Crippen LogP contribution in [0.4, 0.5) is 0 Å². The third kappa shape index (κ3) is 4.19. The standard InChI is InChI=1S/C19H20O4/c1-3-10-23-19-7-5-4-6-14(19)17(21)12-18(22)15-11-13(2)8-9-16(15)20/h4-9,11,20H,3,10,12H2,1-2H3. The number of aryl methyl sites for hydroxylation is 1. The second kappa shape index (κ2) is 7.58. The first-order chi connectivity index (χ1) is 11.0. The van der Waals surface area contributed by atoms with Crippen molar-refractivity contribution in [3.05, 3.63) is 59.2 Å². The zero-order valence-corrected chi connectivity index (χ0v) is 13.3. The van der Waals surface area contributed by atoms with Gasteiger partial charge in [-0.15, -0.1) is 0 Å². The molecule has 0 aliphatic carbocycles. The summed E-state index contributed by atoms with van der Waals surface area (Å²) in [5.74, 6) is -0.339. The molecule has 0 unspecified atom stereocenters. The summed E-state index contributed by atoms with van der Waals surface area (Å²) in [7, 11) is 0. The Morgan fingerprint density at radius 2 is 1.74 bits per heavy atom. The lowest BCUT2D eigenvalue weighted by molar-refractivity contribution is 0.0891. The van der Waals surface area contributed by atoms with Gasteiger partial charge in [0, 0.05) is 0 Å². The first kappa shape index (κ1) is 16.7. The van der Waals surface area contributed by atoms with E-state index in [0.717, 1.165) is 12.0 Å². The molecule has 0 amide bonds. The first-order valence-electron chi connectivity index (χ1n) is 7.60. The van der Waals surface area contributed by atoms with Crippen LogP contribution in [0.25, 0.3) is 0 Å². The van der Waals surface area contributed by atoms with Crippen LogP contribution < -0.4 is 4.74 Å². The molecular weight excluding hydrogens is 292 g/mol. The number of benzene rings is 2. The highest BCUT2D eigenvalue weighted by molar-refractivity contribution is 6.15. The fourth-order valence-corrected chi connectivity index (χ4v) is 2.24. The summed E-state index contributed by atoms with van der Waals surface area (Å²) in [5.41, 5.74) is 1.41. The number of ether oxygens (including phenoxy) is 1. The Kier molecular flexibility index (Phi) is 5.52. The number of rotatable bonds is 7. The van der Waals surface area contributed by atoms with Crippen molar-refractivity contribution >= 4 is 11.6 Å². The molecule has 2 aromatic rings. The van der Waals surface area contributed by atoms with Gasteiger partial charge >= 0.3 is 0 Å². The van der Waals surface area contributed by atoms with E-state index in [2.05, 4.69) is 0 Å². The van der Waals surface area contributed by atoms with E-state index in [1.54, 1.807) is 36.4 Å². The minimum absolute atomic E-state index is 0.107. The molecule has 0 saturated heterocycles. The molecule has 0 aromatic heterocycles. The highest BCUT2D eigenvalue weighted by atomic mass is 16.5. The summed E-state index contributed by atoms with van der Waals surface area (Å²) in [4.78, 5) is 24.7. The monoisotopic (exact) mass is 312 g/mol. The molecule has 0 atom stereocenters. The van der Waals surface area contributed by atoms with Gasteiger partial charge in [-0.3, -0.25) is 9.59 Å². The second-order valence-electron chi connectivity index (χ2n) is 5.39. The summed E-state index contributed by atoms with van der Waals surface area (Å²) in [6.45, 7) is 4.32. The summed E-state index contributed by atoms with van der Waals surface area (Å²) in [6.07, 6.45) is 0.530. The van der Waals surface area contributed by atoms with Crippen LogP contribution >= 0.6 is 0 Å². The van der Waals surface area contributed by atoms with Gasteiger partial charge in [-0.2, -0.15) is 0 Å². The molecule has 2 aromatic carbocycles. The molecule has 0 aliphatic rings. The Balaban J connectivity index is 2.19. The number of phenols is 1. The maximum Gasteiger partial charge on any atom is 0.174 e. The molecule has 2 rings (SSSR count). The third-order valence-electron chi connectivity index (χ3n) is 3.42. The molecule has 120 valence electrons. The predicted molar refractivity (Wildman–Crippen MR) is 88.3 cm³/mol. The first-order valence-corrected chi connectivity index (χ1v) is 7.60. The van der Waals surface area contributed by atoms with Gasteiger partial charge < -0.3 is 9.84 Å². The van der Waals surface area contributed by atoms with Gasteiger partial charge in [0.2, 0.25) is 0 Å². The van der Waals surface area contributed by atoms with Crippen molar-refractivity contribution in [1.29, 1.82) is 0 Å². The Bertz CT molecular complexity index is 719. The number of phenolic OH excluding ortho intramolecular Hbond substituents is 1. The normalized spacial score (nSPS) is 10.3. The average molecular weight is 312 g/mol. The van der Waals surface area contributed by atoms with Gasteiger partial charge in [0.15, 0.2) is 11.6 Å². The van der Waals surface area contributed by atoms with Gasteiger partial charge in [-0.1, -0.05) is 30.7 Å². The van der Waals surface area contributed by atoms with Gasteiger partial charge in [-0.05, 0) is 37.6 Å². The summed E-state index contributed by atoms with van der Waals surface area (Å²) >= 11 is 0. The highest BCUT2D eigenvalue weighted by Gasteiger charge is 2.19. The number of carbonyl (C=O) groups excluding carboxylic acids is 2. The van der Waals surface area contributed by atoms with Crippen LogP contribution in [0.3, 0.4) is 0 Å². The zero-order valence-electron chi connectivity index (χ0n) is 13.3. The minimum Gasteiger partial charge on any atom is -0.507 e. The van der Waals surface area contributed by atoms with Crippen LogP contribution in [-0.2, 0) is 0 Å². The maximum atomic E-state index is 12.4. The smallest absolute Gasteiger partial charge is 0.174 e. The second-order valence-corrected chi connectivity index (χ2v) is 5.39. The van der Waals surface area contributed by atoms with E-state index >= 15 is 0 Å². The number of aromatic hydroxyl groups is 1. The molecule has 0 aliphatic heterocycles. The number of Topliss-reactive ketones (excluding diaryl/α,β-unsaturated/α-hetero) is 2. The van der Waals surface area contributed by atoms with Crippen molar-refractivity contribution in [2.45, 2.75) is 26.7 Å². The van der Waals surface area contributed by atoms with Gasteiger partial charge in [0.05, 0.1) is 24.2 Å². The molecule has 4 heteroatoms. The topological polar surface area (TPSA) is 63.6 Å². The van der Waals surface area contributed by atoms with E-state index in [0.29, 0.717) is 17.9 Å². The number of hydrogen-bond acceptors (Lipinski definition) is 4. The Morgan fingerprint density at radius 1 is 1.04 bits per heavy atom. The molecular formula is C19H20O4. The molecule has 0 heterocycles. The number of hydrogen-bond donors (Lipinski definition) is 1. The molecule has 0 spiro atoms. The van der Waals surface area contributed by atoms with Crippen molar-refractivity contribution in [1.82, 2.24) is 0 Å². The van der Waals surface area contributed by atoms with Crippen LogP contribution in [0, 0.1) is 6.92 Å². The van der Waals surface area contributed by atoms with Crippen molar-refractivity contribution in [2.24, 2.45) is 0 Å². The Hall–Kier alpha value is -2.62. The van der Waals surface area contributed by atoms with Gasteiger partial charge in [0.25, 0.3) is 0 Å². The maximum absolute atomic E-state index is 12.4. The minimum atomic E-state index is -0.401. The van der Waals surface area contributed by atoms with Crippen LogP contribution in [0.15, 0.2) is 42.5 Å². The van der Waals surface area contributed by atoms with Crippen LogP contribution in [0.2, 0.25) is 0 Å². The molecule has 23 heavy (non-hydrogen) atoms. The van der Waals surface area contributed by atoms with E-state index in [-0.39, 0.29) is 23.5 Å². The molecule has 4 nitrogen and oxygen atoms in total. The van der Waals surface area contributed by atoms with Crippen molar-refractivity contribution in [3.63, 3.8) is 0 Å². The molecule has 1 N–H and O–H groups in total. The van der Waals surface area contributed by atoms with Crippen molar-refractivity contribution in [2.75, 3.05) is 6.61 Å². The summed E-state index contributed by atoms with van der Waals surface area (Å²) in [5, 5.41) is 9.80. The van der Waals surface area contributed by atoms with Gasteiger partial charge in [0.1, 0.15) is 11.5 Å². The Morgan fingerprint density at radius 3 is 2.48 bits per heavy atom. The molecule has 0 saturated carbocycles. The molecule has 0 bridgehead atoms. The van der Waals surface area contributed by atoms with E-state index in [1.165, 1.54) is 6.07 Å². The number of ketones is 2. The van der Waals surface area contributed by atoms with E-state index in [4.69, 9.17) is 4.74 Å². The lowest BCUT2D eigenvalue weighted by atomic mass is 9.99. The predicted octanol–water partition coefficient (Wildman–Crippen LogP) is 3.95. The van der Waals surface area contributed by atoms with E-state index in [9.17, 15) is 14.7 Å². The quantitative estimate of drug-likeness (QED) is 0.621. The van der Waals surface area contributed by atoms with E-state index in [1.807, 2.05) is 13.8 Å². The summed E-state index contributed by atoms with van der Waals surface area (Å²) < 4.78 is 5.56. The number of para-hydroxylation sites is 1. The van der Waals surface area contributed by atoms with Gasteiger partial charge in [-0.25, -0.2) is 0 Å². The highest BCUT2D eigenvalue weighted by Crippen LogP contribution is 2.23. The average Bonchev–Trinajstić information content (AvgIpc) is 2.55. The largest absolute Gasteiger partial charge is 0.507 e. The number of carbonyl (C=O) groups is 2. The SMILES string of the molecule is CCCOc1ccccc1C(=O)CC(=O)c1cc(C)ccc1O. The Labute approximate surface area is 135 Å².